The Morgan fingerprint density at radius 1 is 1.53 bits per heavy atom. The van der Waals surface area contributed by atoms with E-state index in [2.05, 4.69) is 15.7 Å². The van der Waals surface area contributed by atoms with Crippen LogP contribution >= 0.6 is 0 Å². The molecule has 0 bridgehead atoms. The second-order valence-corrected chi connectivity index (χ2v) is 4.01. The van der Waals surface area contributed by atoms with Crippen LogP contribution in [-0.4, -0.2) is 28.8 Å². The highest BCUT2D eigenvalue weighted by Gasteiger charge is 2.26. The smallest absolute Gasteiger partial charge is 0.230 e. The zero-order valence-corrected chi connectivity index (χ0v) is 9.29. The molecular formula is C10H16N4O. The van der Waals surface area contributed by atoms with E-state index in [-0.39, 0.29) is 11.8 Å². The molecule has 2 rings (SSSR count). The predicted molar refractivity (Wildman–Crippen MR) is 57.7 cm³/mol. The molecule has 1 aromatic rings. The number of hydrogen-bond donors (Lipinski definition) is 2. The van der Waals surface area contributed by atoms with Crippen LogP contribution in [0.3, 0.4) is 0 Å². The van der Waals surface area contributed by atoms with Gasteiger partial charge < -0.3 is 10.6 Å². The fourth-order valence-electron chi connectivity index (χ4n) is 1.65. The van der Waals surface area contributed by atoms with Crippen molar-refractivity contribution in [1.29, 1.82) is 0 Å². The average Bonchev–Trinajstić information content (AvgIpc) is 2.29. The Kier molecular flexibility index (Phi) is 2.48. The SMILES string of the molecule is Cc1nn(C)c(C)c1NC(=O)C1CNC1. The Balaban J connectivity index is 2.12. The van der Waals surface area contributed by atoms with Gasteiger partial charge in [0.15, 0.2) is 0 Å². The van der Waals surface area contributed by atoms with E-state index in [4.69, 9.17) is 0 Å². The van der Waals surface area contributed by atoms with Gasteiger partial charge in [-0.15, -0.1) is 0 Å². The van der Waals surface area contributed by atoms with E-state index < -0.39 is 0 Å². The molecule has 0 aliphatic carbocycles. The molecule has 2 N–H and O–H groups in total. The van der Waals surface area contributed by atoms with Crippen molar-refractivity contribution in [3.8, 4) is 0 Å². The molecule has 0 aromatic carbocycles. The third-order valence-corrected chi connectivity index (χ3v) is 2.91. The molecule has 0 spiro atoms. The van der Waals surface area contributed by atoms with Crippen molar-refractivity contribution in [3.05, 3.63) is 11.4 Å². The summed E-state index contributed by atoms with van der Waals surface area (Å²) in [6, 6.07) is 0. The van der Waals surface area contributed by atoms with E-state index in [1.165, 1.54) is 0 Å². The highest BCUT2D eigenvalue weighted by Crippen LogP contribution is 2.19. The zero-order valence-electron chi connectivity index (χ0n) is 9.29. The standard InChI is InChI=1S/C10H16N4O/c1-6-9(7(2)14(3)13-6)12-10(15)8-4-11-5-8/h8,11H,4-5H2,1-3H3,(H,12,15). The molecule has 0 saturated carbocycles. The minimum absolute atomic E-state index is 0.0907. The van der Waals surface area contributed by atoms with Crippen molar-refractivity contribution in [1.82, 2.24) is 15.1 Å². The maximum Gasteiger partial charge on any atom is 0.230 e. The van der Waals surface area contributed by atoms with Gasteiger partial charge in [0.1, 0.15) is 0 Å². The number of anilines is 1. The molecule has 5 nitrogen and oxygen atoms in total. The van der Waals surface area contributed by atoms with Gasteiger partial charge in [0.05, 0.1) is 23.0 Å². The van der Waals surface area contributed by atoms with Gasteiger partial charge in [0, 0.05) is 20.1 Å². The largest absolute Gasteiger partial charge is 0.323 e. The normalized spacial score (nSPS) is 16.2. The van der Waals surface area contributed by atoms with Gasteiger partial charge in [-0.05, 0) is 13.8 Å². The third kappa shape index (κ3) is 1.74. The lowest BCUT2D eigenvalue weighted by Gasteiger charge is -2.25. The first kappa shape index (κ1) is 10.2. The van der Waals surface area contributed by atoms with Gasteiger partial charge in [-0.2, -0.15) is 5.10 Å². The summed E-state index contributed by atoms with van der Waals surface area (Å²) in [6.45, 7) is 5.42. The molecule has 1 fully saturated rings. The van der Waals surface area contributed by atoms with Crippen LogP contribution in [0.5, 0.6) is 0 Å². The van der Waals surface area contributed by atoms with Gasteiger partial charge in [-0.3, -0.25) is 9.48 Å². The molecule has 5 heteroatoms. The number of amides is 1. The van der Waals surface area contributed by atoms with E-state index in [1.54, 1.807) is 4.68 Å². The summed E-state index contributed by atoms with van der Waals surface area (Å²) in [4.78, 5) is 11.7. The van der Waals surface area contributed by atoms with Crippen LogP contribution in [0.1, 0.15) is 11.4 Å². The third-order valence-electron chi connectivity index (χ3n) is 2.91. The van der Waals surface area contributed by atoms with Gasteiger partial charge in [-0.1, -0.05) is 0 Å². The molecule has 1 aromatic heterocycles. The number of hydrogen-bond acceptors (Lipinski definition) is 3. The lowest BCUT2D eigenvalue weighted by atomic mass is 10.0. The number of carbonyl (C=O) groups is 1. The molecule has 0 atom stereocenters. The number of aromatic nitrogens is 2. The maximum atomic E-state index is 11.7. The summed E-state index contributed by atoms with van der Waals surface area (Å²) in [5, 5.41) is 10.3. The highest BCUT2D eigenvalue weighted by molar-refractivity contribution is 5.94. The van der Waals surface area contributed by atoms with Crippen molar-refractivity contribution < 1.29 is 4.79 Å². The summed E-state index contributed by atoms with van der Waals surface area (Å²) in [5.74, 6) is 0.206. The van der Waals surface area contributed by atoms with Crippen molar-refractivity contribution in [2.24, 2.45) is 13.0 Å². The lowest BCUT2D eigenvalue weighted by Crippen LogP contribution is -2.48. The first-order chi connectivity index (χ1) is 7.09. The van der Waals surface area contributed by atoms with E-state index >= 15 is 0 Å². The molecule has 82 valence electrons. The van der Waals surface area contributed by atoms with E-state index in [0.717, 1.165) is 30.2 Å². The minimum Gasteiger partial charge on any atom is -0.323 e. The van der Waals surface area contributed by atoms with Crippen LogP contribution in [0.2, 0.25) is 0 Å². The first-order valence-electron chi connectivity index (χ1n) is 5.11. The molecule has 1 saturated heterocycles. The van der Waals surface area contributed by atoms with E-state index in [1.807, 2.05) is 20.9 Å². The van der Waals surface area contributed by atoms with Crippen LogP contribution in [-0.2, 0) is 11.8 Å². The monoisotopic (exact) mass is 208 g/mol. The number of nitrogens with zero attached hydrogens (tertiary/aromatic N) is 2. The van der Waals surface area contributed by atoms with Crippen LogP contribution in [0, 0.1) is 19.8 Å². The van der Waals surface area contributed by atoms with Crippen LogP contribution in [0.15, 0.2) is 0 Å². The number of nitrogens with one attached hydrogen (secondary N) is 2. The lowest BCUT2D eigenvalue weighted by molar-refractivity contribution is -0.121. The van der Waals surface area contributed by atoms with Gasteiger partial charge in [0.25, 0.3) is 0 Å². The summed E-state index contributed by atoms with van der Waals surface area (Å²) in [5.41, 5.74) is 2.72. The second-order valence-electron chi connectivity index (χ2n) is 4.01. The van der Waals surface area contributed by atoms with E-state index in [0.29, 0.717) is 0 Å². The van der Waals surface area contributed by atoms with Gasteiger partial charge in [0.2, 0.25) is 5.91 Å². The number of aryl methyl sites for hydroxylation is 2. The fraction of sp³-hybridized carbons (Fsp3) is 0.600. The maximum absolute atomic E-state index is 11.7. The Bertz CT molecular complexity index is 392. The number of rotatable bonds is 2. The second kappa shape index (κ2) is 3.66. The Labute approximate surface area is 88.8 Å². The molecule has 0 unspecified atom stereocenters. The predicted octanol–water partition coefficient (Wildman–Crippen LogP) is 0.195. The Morgan fingerprint density at radius 3 is 2.60 bits per heavy atom. The minimum atomic E-state index is 0.0907. The average molecular weight is 208 g/mol. The van der Waals surface area contributed by atoms with Crippen molar-refractivity contribution in [3.63, 3.8) is 0 Å². The molecule has 0 radical (unpaired) electrons. The quantitative estimate of drug-likeness (QED) is 0.729. The summed E-state index contributed by atoms with van der Waals surface area (Å²) in [7, 11) is 1.88. The first-order valence-corrected chi connectivity index (χ1v) is 5.11. The Hall–Kier alpha value is -1.36. The molecular weight excluding hydrogens is 192 g/mol. The van der Waals surface area contributed by atoms with Crippen LogP contribution < -0.4 is 10.6 Å². The fourth-order valence-corrected chi connectivity index (χ4v) is 1.65. The molecule has 2 heterocycles. The molecule has 1 amide bonds. The van der Waals surface area contributed by atoms with Crippen molar-refractivity contribution >= 4 is 11.6 Å². The summed E-state index contributed by atoms with van der Waals surface area (Å²) < 4.78 is 1.78. The van der Waals surface area contributed by atoms with Gasteiger partial charge in [-0.25, -0.2) is 0 Å². The summed E-state index contributed by atoms with van der Waals surface area (Å²) >= 11 is 0. The number of carbonyl (C=O) groups excluding carboxylic acids is 1. The summed E-state index contributed by atoms with van der Waals surface area (Å²) in [6.07, 6.45) is 0. The Morgan fingerprint density at radius 2 is 2.20 bits per heavy atom. The van der Waals surface area contributed by atoms with Crippen LogP contribution in [0.25, 0.3) is 0 Å². The topological polar surface area (TPSA) is 59.0 Å². The van der Waals surface area contributed by atoms with Crippen LogP contribution in [0.4, 0.5) is 5.69 Å². The molecule has 1 aliphatic rings. The molecule has 15 heavy (non-hydrogen) atoms. The zero-order chi connectivity index (χ0) is 11.0. The van der Waals surface area contributed by atoms with E-state index in [9.17, 15) is 4.79 Å². The van der Waals surface area contributed by atoms with Gasteiger partial charge >= 0.3 is 0 Å². The van der Waals surface area contributed by atoms with Crippen molar-refractivity contribution in [2.45, 2.75) is 13.8 Å². The highest BCUT2D eigenvalue weighted by atomic mass is 16.2. The van der Waals surface area contributed by atoms with Crippen molar-refractivity contribution in [2.75, 3.05) is 18.4 Å². The molecule has 1 aliphatic heterocycles.